The third kappa shape index (κ3) is 52.9. The first-order chi connectivity index (χ1) is 32.5. The van der Waals surface area contributed by atoms with Crippen molar-refractivity contribution in [2.24, 2.45) is 0 Å². The van der Waals surface area contributed by atoms with Crippen molar-refractivity contribution in [1.29, 1.82) is 0 Å². The van der Waals surface area contributed by atoms with Gasteiger partial charge in [0.15, 0.2) is 6.10 Å². The molecule has 0 aliphatic carbocycles. The summed E-state index contributed by atoms with van der Waals surface area (Å²) >= 11 is 0. The van der Waals surface area contributed by atoms with Crippen molar-refractivity contribution in [2.75, 3.05) is 13.2 Å². The lowest BCUT2D eigenvalue weighted by atomic mass is 10.0. The summed E-state index contributed by atoms with van der Waals surface area (Å²) in [4.78, 5) is 37.8. The highest BCUT2D eigenvalue weighted by Crippen LogP contribution is 2.17. The summed E-state index contributed by atoms with van der Waals surface area (Å²) in [5.41, 5.74) is 0. The second kappa shape index (κ2) is 55.5. The van der Waals surface area contributed by atoms with Gasteiger partial charge in [0.2, 0.25) is 0 Å². The molecule has 0 rings (SSSR count). The molecular weight excluding hydrogens is 817 g/mol. The molecule has 0 fully saturated rings. The smallest absolute Gasteiger partial charge is 0.306 e. The summed E-state index contributed by atoms with van der Waals surface area (Å²) in [7, 11) is 0. The van der Waals surface area contributed by atoms with E-state index < -0.39 is 6.10 Å². The average Bonchev–Trinajstić information content (AvgIpc) is 3.31. The van der Waals surface area contributed by atoms with Crippen molar-refractivity contribution in [1.82, 2.24) is 0 Å². The highest BCUT2D eigenvalue weighted by molar-refractivity contribution is 5.71. The molecule has 0 N–H and O–H groups in total. The molecule has 0 bridgehead atoms. The number of allylic oxidation sites excluding steroid dienone is 4. The zero-order chi connectivity index (χ0) is 47.9. The van der Waals surface area contributed by atoms with Crippen LogP contribution in [-0.2, 0) is 28.6 Å². The molecule has 0 saturated carbocycles. The van der Waals surface area contributed by atoms with Crippen LogP contribution < -0.4 is 0 Å². The van der Waals surface area contributed by atoms with E-state index in [2.05, 4.69) is 45.1 Å². The number of esters is 3. The first-order valence-corrected chi connectivity index (χ1v) is 29.3. The zero-order valence-corrected chi connectivity index (χ0v) is 44.5. The molecule has 388 valence electrons. The Morgan fingerprint density at radius 3 is 0.833 bits per heavy atom. The van der Waals surface area contributed by atoms with Gasteiger partial charge in [-0.1, -0.05) is 276 Å². The molecule has 0 aliphatic heterocycles. The van der Waals surface area contributed by atoms with Crippen molar-refractivity contribution in [3.63, 3.8) is 0 Å². The molecule has 0 aromatic carbocycles. The van der Waals surface area contributed by atoms with E-state index in [0.717, 1.165) is 70.6 Å². The Balaban J connectivity index is 4.04. The van der Waals surface area contributed by atoms with Crippen LogP contribution in [0.2, 0.25) is 0 Å². The largest absolute Gasteiger partial charge is 0.462 e. The molecule has 0 aromatic heterocycles. The molecule has 6 nitrogen and oxygen atoms in total. The summed E-state index contributed by atoms with van der Waals surface area (Å²) in [6, 6.07) is 0. The van der Waals surface area contributed by atoms with Crippen LogP contribution in [0, 0.1) is 0 Å². The number of hydrogen-bond donors (Lipinski definition) is 0. The maximum absolute atomic E-state index is 12.8. The molecule has 1 unspecified atom stereocenters. The maximum Gasteiger partial charge on any atom is 0.306 e. The second-order valence-electron chi connectivity index (χ2n) is 19.9. The van der Waals surface area contributed by atoms with E-state index in [1.54, 1.807) is 0 Å². The summed E-state index contributed by atoms with van der Waals surface area (Å²) in [6.45, 7) is 6.60. The van der Waals surface area contributed by atoms with Gasteiger partial charge in [0.1, 0.15) is 13.2 Å². The van der Waals surface area contributed by atoms with Crippen LogP contribution in [0.25, 0.3) is 0 Å². The van der Waals surface area contributed by atoms with Gasteiger partial charge < -0.3 is 14.2 Å². The van der Waals surface area contributed by atoms with Crippen LogP contribution in [-0.4, -0.2) is 37.2 Å². The molecule has 1 atom stereocenters. The fraction of sp³-hybridized carbons (Fsp3) is 0.883. The second-order valence-corrected chi connectivity index (χ2v) is 19.9. The van der Waals surface area contributed by atoms with Crippen LogP contribution in [0.15, 0.2) is 24.3 Å². The third-order valence-electron chi connectivity index (χ3n) is 13.2. The van der Waals surface area contributed by atoms with Crippen molar-refractivity contribution >= 4 is 17.9 Å². The van der Waals surface area contributed by atoms with Crippen LogP contribution >= 0.6 is 0 Å². The zero-order valence-electron chi connectivity index (χ0n) is 44.5. The lowest BCUT2D eigenvalue weighted by Gasteiger charge is -2.18. The van der Waals surface area contributed by atoms with Gasteiger partial charge in [0.05, 0.1) is 0 Å². The first-order valence-electron chi connectivity index (χ1n) is 29.3. The molecule has 0 amide bonds. The molecule has 0 saturated heterocycles. The van der Waals surface area contributed by atoms with Gasteiger partial charge in [0, 0.05) is 19.3 Å². The Hall–Kier alpha value is -2.11. The Morgan fingerprint density at radius 1 is 0.303 bits per heavy atom. The van der Waals surface area contributed by atoms with Gasteiger partial charge in [0.25, 0.3) is 0 Å². The molecule has 6 heteroatoms. The SMILES string of the molecule is CCCCCCC/C=C\C/C=C\CCCCCCCCCCCCCC(=O)OCC(COC(=O)CCCCCCC)OC(=O)CCCCCCCCCCCCCCCCCCCCCC. The van der Waals surface area contributed by atoms with Crippen LogP contribution in [0.5, 0.6) is 0 Å². The van der Waals surface area contributed by atoms with Crippen molar-refractivity contribution < 1.29 is 28.6 Å². The minimum atomic E-state index is -0.764. The van der Waals surface area contributed by atoms with Crippen molar-refractivity contribution in [2.45, 2.75) is 329 Å². The molecular formula is C60H112O6. The topological polar surface area (TPSA) is 78.9 Å². The fourth-order valence-electron chi connectivity index (χ4n) is 8.77. The van der Waals surface area contributed by atoms with E-state index >= 15 is 0 Å². The number of rotatable bonds is 54. The van der Waals surface area contributed by atoms with Gasteiger partial charge in [-0.2, -0.15) is 0 Å². The van der Waals surface area contributed by atoms with Crippen LogP contribution in [0.1, 0.15) is 323 Å². The third-order valence-corrected chi connectivity index (χ3v) is 13.2. The summed E-state index contributed by atoms with van der Waals surface area (Å²) in [5.74, 6) is -0.864. The minimum Gasteiger partial charge on any atom is -0.462 e. The Labute approximate surface area is 411 Å². The molecule has 66 heavy (non-hydrogen) atoms. The van der Waals surface area contributed by atoms with E-state index in [1.807, 2.05) is 0 Å². The van der Waals surface area contributed by atoms with Crippen molar-refractivity contribution in [3.8, 4) is 0 Å². The summed E-state index contributed by atoms with van der Waals surface area (Å²) < 4.78 is 16.7. The number of unbranched alkanes of at least 4 members (excludes halogenated alkanes) is 39. The van der Waals surface area contributed by atoms with Gasteiger partial charge in [-0.3, -0.25) is 14.4 Å². The molecule has 0 radical (unpaired) electrons. The highest BCUT2D eigenvalue weighted by atomic mass is 16.6. The normalized spacial score (nSPS) is 12.1. The Morgan fingerprint density at radius 2 is 0.545 bits per heavy atom. The maximum atomic E-state index is 12.8. The van der Waals surface area contributed by atoms with Crippen molar-refractivity contribution in [3.05, 3.63) is 24.3 Å². The van der Waals surface area contributed by atoms with Gasteiger partial charge in [-0.15, -0.1) is 0 Å². The number of carbonyl (C=O) groups excluding carboxylic acids is 3. The number of carbonyl (C=O) groups is 3. The van der Waals surface area contributed by atoms with Gasteiger partial charge >= 0.3 is 17.9 Å². The molecule has 0 aromatic rings. The fourth-order valence-corrected chi connectivity index (χ4v) is 8.77. The number of hydrogen-bond acceptors (Lipinski definition) is 6. The van der Waals surface area contributed by atoms with E-state index in [0.29, 0.717) is 19.3 Å². The number of ether oxygens (including phenoxy) is 3. The molecule has 0 aliphatic rings. The lowest BCUT2D eigenvalue weighted by Crippen LogP contribution is -2.30. The monoisotopic (exact) mass is 929 g/mol. The average molecular weight is 930 g/mol. The van der Waals surface area contributed by atoms with Crippen LogP contribution in [0.3, 0.4) is 0 Å². The Bertz CT molecular complexity index is 1070. The van der Waals surface area contributed by atoms with E-state index in [-0.39, 0.29) is 31.1 Å². The van der Waals surface area contributed by atoms with Gasteiger partial charge in [-0.25, -0.2) is 0 Å². The predicted octanol–water partition coefficient (Wildman–Crippen LogP) is 19.5. The quantitative estimate of drug-likeness (QED) is 0.0262. The van der Waals surface area contributed by atoms with E-state index in [9.17, 15) is 14.4 Å². The molecule has 0 spiro atoms. The standard InChI is InChI=1S/C60H112O6/c1-4-7-10-13-15-17-19-21-23-25-27-29-30-31-33-34-36-38-40-42-44-47-50-53-59(62)65-56-57(55-64-58(61)52-49-46-12-9-6-3)66-60(63)54-51-48-45-43-41-39-37-35-32-28-26-24-22-20-18-16-14-11-8-5-2/h19,21,25,27,57H,4-18,20,22-24,26,28-56H2,1-3H3/b21-19-,27-25-. The predicted molar refractivity (Wildman–Crippen MR) is 284 cm³/mol. The summed E-state index contributed by atoms with van der Waals surface area (Å²) in [6.07, 6.45) is 65.1. The minimum absolute atomic E-state index is 0.0682. The van der Waals surface area contributed by atoms with E-state index in [4.69, 9.17) is 14.2 Å². The van der Waals surface area contributed by atoms with Crippen LogP contribution in [0.4, 0.5) is 0 Å². The molecule has 0 heterocycles. The highest BCUT2D eigenvalue weighted by Gasteiger charge is 2.19. The Kier molecular flexibility index (Phi) is 53.7. The van der Waals surface area contributed by atoms with E-state index in [1.165, 1.54) is 212 Å². The first kappa shape index (κ1) is 63.9. The lowest BCUT2D eigenvalue weighted by molar-refractivity contribution is -0.167. The van der Waals surface area contributed by atoms with Gasteiger partial charge in [-0.05, 0) is 51.4 Å². The summed E-state index contributed by atoms with van der Waals surface area (Å²) in [5, 5.41) is 0.